The van der Waals surface area contributed by atoms with E-state index in [0.29, 0.717) is 16.8 Å². The molecule has 1 rings (SSSR count). The third-order valence-electron chi connectivity index (χ3n) is 2.33. The highest BCUT2D eigenvalue weighted by atomic mass is 32.2. The van der Waals surface area contributed by atoms with Gasteiger partial charge in [-0.25, -0.2) is 4.39 Å². The molecule has 17 heavy (non-hydrogen) atoms. The van der Waals surface area contributed by atoms with Crippen LogP contribution in [-0.2, 0) is 11.4 Å². The second-order valence-corrected chi connectivity index (χ2v) is 6.88. The van der Waals surface area contributed by atoms with Gasteiger partial charge in [0, 0.05) is 5.56 Å². The Morgan fingerprint density at radius 3 is 2.47 bits per heavy atom. The second-order valence-electron chi connectivity index (χ2n) is 4.97. The van der Waals surface area contributed by atoms with Gasteiger partial charge >= 0.3 is 0 Å². The van der Waals surface area contributed by atoms with Crippen LogP contribution in [0.25, 0.3) is 0 Å². The molecular formula is C13H18FNOS. The summed E-state index contributed by atoms with van der Waals surface area (Å²) in [7, 11) is 0. The van der Waals surface area contributed by atoms with Crippen LogP contribution in [0.1, 0.15) is 38.8 Å². The molecule has 0 bridgehead atoms. The summed E-state index contributed by atoms with van der Waals surface area (Å²) < 4.78 is 29.3. The van der Waals surface area contributed by atoms with Crippen molar-refractivity contribution in [2.45, 2.75) is 39.4 Å². The van der Waals surface area contributed by atoms with Crippen molar-refractivity contribution in [3.05, 3.63) is 35.1 Å². The third-order valence-corrected chi connectivity index (χ3v) is 3.81. The van der Waals surface area contributed by atoms with Crippen LogP contribution < -0.4 is 0 Å². The van der Waals surface area contributed by atoms with Crippen molar-refractivity contribution >= 4 is 17.1 Å². The van der Waals surface area contributed by atoms with Crippen molar-refractivity contribution in [3.8, 4) is 0 Å². The standard InChI is InChI=1S/C13H18FNOS/c1-9-7-6-8-11(12(9)14)10(2)15-17(16)13(3,4)5/h6-8H,1-5H3/b15-10+/t17-/m0/s1. The highest BCUT2D eigenvalue weighted by Crippen LogP contribution is 2.19. The van der Waals surface area contributed by atoms with Gasteiger partial charge in [-0.3, -0.25) is 0 Å². The molecule has 0 aliphatic carbocycles. The Morgan fingerprint density at radius 2 is 1.94 bits per heavy atom. The molecule has 0 saturated heterocycles. The van der Waals surface area contributed by atoms with Gasteiger partial charge in [-0.05, 0) is 40.2 Å². The van der Waals surface area contributed by atoms with Crippen LogP contribution >= 0.6 is 0 Å². The fourth-order valence-electron chi connectivity index (χ4n) is 1.24. The van der Waals surface area contributed by atoms with Crippen molar-refractivity contribution in [2.24, 2.45) is 4.40 Å². The normalized spacial score (nSPS) is 14.9. The van der Waals surface area contributed by atoms with Gasteiger partial charge in [-0.1, -0.05) is 22.6 Å². The van der Waals surface area contributed by atoms with Crippen LogP contribution in [-0.4, -0.2) is 15.0 Å². The fraction of sp³-hybridized carbons (Fsp3) is 0.462. The average Bonchev–Trinajstić information content (AvgIpc) is 2.20. The third kappa shape index (κ3) is 3.54. The Balaban J connectivity index is 3.09. The first kappa shape index (κ1) is 14.2. The van der Waals surface area contributed by atoms with Gasteiger partial charge in [0.25, 0.3) is 0 Å². The minimum Gasteiger partial charge on any atom is -0.591 e. The van der Waals surface area contributed by atoms with Gasteiger partial charge in [0.05, 0.1) is 5.71 Å². The summed E-state index contributed by atoms with van der Waals surface area (Å²) in [6.07, 6.45) is 0. The van der Waals surface area contributed by atoms with E-state index in [1.54, 1.807) is 32.0 Å². The average molecular weight is 255 g/mol. The number of hydrogen-bond acceptors (Lipinski definition) is 2. The molecule has 0 aliphatic heterocycles. The summed E-state index contributed by atoms with van der Waals surface area (Å²) in [5.74, 6) is -0.292. The summed E-state index contributed by atoms with van der Waals surface area (Å²) in [5, 5.41) is 0. The zero-order chi connectivity index (χ0) is 13.2. The van der Waals surface area contributed by atoms with Crippen molar-refractivity contribution in [3.63, 3.8) is 0 Å². The largest absolute Gasteiger partial charge is 0.591 e. The maximum absolute atomic E-state index is 13.8. The molecule has 1 atom stereocenters. The molecule has 0 saturated carbocycles. The lowest BCUT2D eigenvalue weighted by Crippen LogP contribution is -2.26. The van der Waals surface area contributed by atoms with Gasteiger partial charge in [0.15, 0.2) is 0 Å². The molecule has 94 valence electrons. The summed E-state index contributed by atoms with van der Waals surface area (Å²) in [5.41, 5.74) is 1.46. The molecule has 0 heterocycles. The Kier molecular flexibility index (Phi) is 4.33. The van der Waals surface area contributed by atoms with Gasteiger partial charge in [0.1, 0.15) is 21.9 Å². The van der Waals surface area contributed by atoms with E-state index in [0.717, 1.165) is 0 Å². The van der Waals surface area contributed by atoms with Crippen LogP contribution in [0.15, 0.2) is 22.6 Å². The van der Waals surface area contributed by atoms with E-state index in [2.05, 4.69) is 4.40 Å². The highest BCUT2D eigenvalue weighted by molar-refractivity contribution is 7.91. The molecular weight excluding hydrogens is 237 g/mol. The molecule has 0 spiro atoms. The predicted octanol–water partition coefficient (Wildman–Crippen LogP) is 3.41. The molecule has 0 unspecified atom stereocenters. The van der Waals surface area contributed by atoms with Crippen LogP contribution in [0.4, 0.5) is 4.39 Å². The molecule has 1 aromatic rings. The molecule has 4 heteroatoms. The molecule has 0 radical (unpaired) electrons. The molecule has 0 amide bonds. The lowest BCUT2D eigenvalue weighted by molar-refractivity contribution is 0.561. The molecule has 0 aliphatic rings. The van der Waals surface area contributed by atoms with Crippen LogP contribution in [0.5, 0.6) is 0 Å². The maximum atomic E-state index is 13.8. The number of nitrogens with zero attached hydrogens (tertiary/aromatic N) is 1. The monoisotopic (exact) mass is 255 g/mol. The minimum absolute atomic E-state index is 0.292. The number of benzene rings is 1. The van der Waals surface area contributed by atoms with Gasteiger partial charge < -0.3 is 4.55 Å². The van der Waals surface area contributed by atoms with Crippen molar-refractivity contribution in [1.29, 1.82) is 0 Å². The Hall–Kier alpha value is -0.870. The highest BCUT2D eigenvalue weighted by Gasteiger charge is 2.27. The van der Waals surface area contributed by atoms with E-state index >= 15 is 0 Å². The van der Waals surface area contributed by atoms with Crippen molar-refractivity contribution in [1.82, 2.24) is 0 Å². The van der Waals surface area contributed by atoms with Crippen LogP contribution in [0, 0.1) is 12.7 Å². The van der Waals surface area contributed by atoms with Crippen LogP contribution in [0.2, 0.25) is 0 Å². The smallest absolute Gasteiger partial charge is 0.144 e. The first-order chi connectivity index (χ1) is 7.73. The quantitative estimate of drug-likeness (QED) is 0.589. The number of aryl methyl sites for hydroxylation is 1. The Morgan fingerprint density at radius 1 is 1.35 bits per heavy atom. The fourth-order valence-corrected chi connectivity index (χ4v) is 1.86. The number of rotatable bonds is 2. The zero-order valence-electron chi connectivity index (χ0n) is 10.9. The van der Waals surface area contributed by atoms with Crippen molar-refractivity contribution < 1.29 is 8.94 Å². The zero-order valence-corrected chi connectivity index (χ0v) is 11.7. The van der Waals surface area contributed by atoms with E-state index in [4.69, 9.17) is 0 Å². The van der Waals surface area contributed by atoms with Gasteiger partial charge in [0.2, 0.25) is 0 Å². The van der Waals surface area contributed by atoms with E-state index < -0.39 is 16.1 Å². The lowest BCUT2D eigenvalue weighted by Gasteiger charge is -2.18. The van der Waals surface area contributed by atoms with Gasteiger partial charge in [-0.2, -0.15) is 0 Å². The summed E-state index contributed by atoms with van der Waals surface area (Å²) in [6.45, 7) is 8.90. The lowest BCUT2D eigenvalue weighted by atomic mass is 10.1. The minimum atomic E-state index is -1.36. The van der Waals surface area contributed by atoms with E-state index in [9.17, 15) is 8.94 Å². The molecule has 2 nitrogen and oxygen atoms in total. The number of hydrogen-bond donors (Lipinski definition) is 0. The number of halogens is 1. The maximum Gasteiger partial charge on any atom is 0.144 e. The molecule has 0 aromatic heterocycles. The molecule has 1 aromatic carbocycles. The Labute approximate surface area is 105 Å². The van der Waals surface area contributed by atoms with E-state index in [1.807, 2.05) is 20.8 Å². The van der Waals surface area contributed by atoms with Gasteiger partial charge in [-0.15, -0.1) is 0 Å². The summed E-state index contributed by atoms with van der Waals surface area (Å²) in [4.78, 5) is 0. The van der Waals surface area contributed by atoms with E-state index in [1.165, 1.54) is 0 Å². The summed E-state index contributed by atoms with van der Waals surface area (Å²) >= 11 is -1.36. The van der Waals surface area contributed by atoms with Crippen molar-refractivity contribution in [2.75, 3.05) is 0 Å². The van der Waals surface area contributed by atoms with E-state index in [-0.39, 0.29) is 5.82 Å². The first-order valence-corrected chi connectivity index (χ1v) is 6.57. The second kappa shape index (κ2) is 5.19. The first-order valence-electron chi connectivity index (χ1n) is 5.46. The molecule has 0 N–H and O–H groups in total. The Bertz CT molecular complexity index is 438. The predicted molar refractivity (Wildman–Crippen MR) is 71.2 cm³/mol. The van der Waals surface area contributed by atoms with Crippen LogP contribution in [0.3, 0.4) is 0 Å². The topological polar surface area (TPSA) is 35.4 Å². The summed E-state index contributed by atoms with van der Waals surface area (Å²) in [6, 6.07) is 5.13. The SMILES string of the molecule is C/C(=N\[S@@+]([O-])C(C)(C)C)c1cccc(C)c1F. The molecule has 0 fully saturated rings.